The fraction of sp³-hybridized carbons (Fsp3) is 1.00. The zero-order chi connectivity index (χ0) is 7.11. The molecule has 5 nitrogen and oxygen atoms in total. The Bertz CT molecular complexity index is 61.8. The van der Waals surface area contributed by atoms with Gasteiger partial charge in [0.2, 0.25) is 0 Å². The first kappa shape index (κ1) is 8.80. The van der Waals surface area contributed by atoms with Gasteiger partial charge in [0.1, 0.15) is 0 Å². The van der Waals surface area contributed by atoms with Crippen molar-refractivity contribution in [2.45, 2.75) is 6.92 Å². The van der Waals surface area contributed by atoms with Crippen LogP contribution in [0.3, 0.4) is 0 Å². The van der Waals surface area contributed by atoms with Gasteiger partial charge in [-0.1, -0.05) is 5.64 Å². The SMILES string of the molecule is CCONON(C)OC. The van der Waals surface area contributed by atoms with Gasteiger partial charge in [-0.15, -0.1) is 0 Å². The molecule has 0 rings (SSSR count). The molecule has 0 aromatic carbocycles. The molecular formula is C4H12N2O3. The highest BCUT2D eigenvalue weighted by Gasteiger charge is 1.90. The third kappa shape index (κ3) is 5.67. The van der Waals surface area contributed by atoms with Crippen LogP contribution in [0, 0.1) is 0 Å². The normalized spacial score (nSPS) is 10.7. The second-order valence-corrected chi connectivity index (χ2v) is 1.23. The Morgan fingerprint density at radius 1 is 1.56 bits per heavy atom. The molecule has 0 aromatic heterocycles. The van der Waals surface area contributed by atoms with E-state index in [9.17, 15) is 0 Å². The Balaban J connectivity index is 2.88. The van der Waals surface area contributed by atoms with Gasteiger partial charge >= 0.3 is 0 Å². The van der Waals surface area contributed by atoms with Crippen molar-refractivity contribution < 1.29 is 14.6 Å². The van der Waals surface area contributed by atoms with E-state index in [2.05, 4.69) is 20.3 Å². The molecular weight excluding hydrogens is 124 g/mol. The summed E-state index contributed by atoms with van der Waals surface area (Å²) in [4.78, 5) is 13.7. The first-order valence-electron chi connectivity index (χ1n) is 2.62. The van der Waals surface area contributed by atoms with E-state index in [1.165, 1.54) is 7.11 Å². The topological polar surface area (TPSA) is 43.0 Å². The van der Waals surface area contributed by atoms with Crippen molar-refractivity contribution in [2.24, 2.45) is 0 Å². The van der Waals surface area contributed by atoms with Crippen LogP contribution in [0.4, 0.5) is 0 Å². The molecule has 0 saturated heterocycles. The summed E-state index contributed by atoms with van der Waals surface area (Å²) in [6.45, 7) is 2.38. The average molecular weight is 136 g/mol. The number of hydrogen-bond donors (Lipinski definition) is 1. The second-order valence-electron chi connectivity index (χ2n) is 1.23. The molecule has 56 valence electrons. The number of nitrogens with one attached hydrogen (secondary N) is 1. The molecule has 0 aliphatic rings. The quantitative estimate of drug-likeness (QED) is 0.421. The number of hydrogen-bond acceptors (Lipinski definition) is 5. The molecule has 0 bridgehead atoms. The molecule has 0 spiro atoms. The number of hydroxylamine groups is 2. The monoisotopic (exact) mass is 136 g/mol. The maximum Gasteiger partial charge on any atom is 0.0681 e. The standard InChI is InChI=1S/C4H12N2O3/c1-4-8-5-9-6(2)7-3/h5H,4H2,1-3H3. The van der Waals surface area contributed by atoms with Crippen LogP contribution in [-0.2, 0) is 14.6 Å². The van der Waals surface area contributed by atoms with Gasteiger partial charge in [-0.05, 0) is 12.2 Å². The highest BCUT2D eigenvalue weighted by Crippen LogP contribution is 1.77. The minimum atomic E-state index is 0.539. The molecule has 0 saturated carbocycles. The fourth-order valence-corrected chi connectivity index (χ4v) is 0.175. The smallest absolute Gasteiger partial charge is 0.0681 e. The van der Waals surface area contributed by atoms with Crippen LogP contribution in [0.25, 0.3) is 0 Å². The Morgan fingerprint density at radius 2 is 2.22 bits per heavy atom. The molecule has 0 amide bonds. The lowest BCUT2D eigenvalue weighted by atomic mass is 10.9. The summed E-state index contributed by atoms with van der Waals surface area (Å²) in [5.74, 6) is 0. The molecule has 1 N–H and O–H groups in total. The maximum absolute atomic E-state index is 4.61. The van der Waals surface area contributed by atoms with Crippen molar-refractivity contribution in [3.8, 4) is 0 Å². The van der Waals surface area contributed by atoms with E-state index in [1.807, 2.05) is 6.92 Å². The summed E-state index contributed by atoms with van der Waals surface area (Å²) in [5.41, 5.74) is 2.19. The second kappa shape index (κ2) is 5.93. The molecule has 0 heterocycles. The van der Waals surface area contributed by atoms with Crippen molar-refractivity contribution in [1.29, 1.82) is 0 Å². The molecule has 0 unspecified atom stereocenters. The van der Waals surface area contributed by atoms with Crippen LogP contribution in [0.2, 0.25) is 0 Å². The lowest BCUT2D eigenvalue weighted by Crippen LogP contribution is -2.27. The van der Waals surface area contributed by atoms with E-state index in [-0.39, 0.29) is 0 Å². The van der Waals surface area contributed by atoms with Gasteiger partial charge in [0, 0.05) is 7.05 Å². The zero-order valence-corrected chi connectivity index (χ0v) is 5.88. The van der Waals surface area contributed by atoms with Crippen LogP contribution in [0.1, 0.15) is 6.92 Å². The molecule has 0 aliphatic carbocycles. The first-order valence-corrected chi connectivity index (χ1v) is 2.62. The average Bonchev–Trinajstić information content (AvgIpc) is 1.89. The minimum absolute atomic E-state index is 0.539. The molecule has 0 atom stereocenters. The van der Waals surface area contributed by atoms with Crippen molar-refractivity contribution in [2.75, 3.05) is 20.8 Å². The molecule has 0 aromatic rings. The van der Waals surface area contributed by atoms with Gasteiger partial charge in [0.25, 0.3) is 0 Å². The van der Waals surface area contributed by atoms with Crippen LogP contribution < -0.4 is 5.64 Å². The molecule has 0 fully saturated rings. The van der Waals surface area contributed by atoms with Crippen LogP contribution in [0.15, 0.2) is 0 Å². The summed E-state index contributed by atoms with van der Waals surface area (Å²) in [5, 5.41) is 1.12. The summed E-state index contributed by atoms with van der Waals surface area (Å²) in [6.07, 6.45) is 0. The van der Waals surface area contributed by atoms with E-state index < -0.39 is 0 Å². The predicted octanol–water partition coefficient (Wildman–Crippen LogP) is -0.133. The fourth-order valence-electron chi connectivity index (χ4n) is 0.175. The lowest BCUT2D eigenvalue weighted by molar-refractivity contribution is -0.413. The van der Waals surface area contributed by atoms with Crippen LogP contribution in [-0.4, -0.2) is 26.0 Å². The molecule has 5 heteroatoms. The summed E-state index contributed by atoms with van der Waals surface area (Å²) >= 11 is 0. The van der Waals surface area contributed by atoms with E-state index >= 15 is 0 Å². The van der Waals surface area contributed by atoms with Crippen LogP contribution in [0.5, 0.6) is 0 Å². The zero-order valence-electron chi connectivity index (χ0n) is 5.88. The highest BCUT2D eigenvalue weighted by molar-refractivity contribution is 3.95. The summed E-state index contributed by atoms with van der Waals surface area (Å²) in [7, 11) is 3.07. The highest BCUT2D eigenvalue weighted by atomic mass is 17.1. The van der Waals surface area contributed by atoms with Gasteiger partial charge in [-0.2, -0.15) is 4.94 Å². The van der Waals surface area contributed by atoms with E-state index in [0.717, 1.165) is 5.23 Å². The largest absolute Gasteiger partial charge is 0.276 e. The molecule has 0 aliphatic heterocycles. The van der Waals surface area contributed by atoms with Crippen molar-refractivity contribution in [1.82, 2.24) is 10.9 Å². The van der Waals surface area contributed by atoms with Gasteiger partial charge in [-0.25, -0.2) is 0 Å². The van der Waals surface area contributed by atoms with Crippen molar-refractivity contribution in [3.05, 3.63) is 0 Å². The lowest BCUT2D eigenvalue weighted by Gasteiger charge is -2.11. The van der Waals surface area contributed by atoms with Gasteiger partial charge in [0.05, 0.1) is 13.7 Å². The number of nitrogens with zero attached hydrogens (tertiary/aromatic N) is 1. The van der Waals surface area contributed by atoms with E-state index in [0.29, 0.717) is 6.61 Å². The van der Waals surface area contributed by atoms with Crippen molar-refractivity contribution >= 4 is 0 Å². The predicted molar refractivity (Wildman–Crippen MR) is 30.6 cm³/mol. The Hall–Kier alpha value is -0.200. The number of rotatable bonds is 5. The minimum Gasteiger partial charge on any atom is -0.276 e. The van der Waals surface area contributed by atoms with Gasteiger partial charge in [0.15, 0.2) is 0 Å². The van der Waals surface area contributed by atoms with E-state index in [1.54, 1.807) is 7.05 Å². The third-order valence-electron chi connectivity index (χ3n) is 0.626. The summed E-state index contributed by atoms with van der Waals surface area (Å²) in [6, 6.07) is 0. The Kier molecular flexibility index (Phi) is 5.80. The van der Waals surface area contributed by atoms with Gasteiger partial charge < -0.3 is 0 Å². The van der Waals surface area contributed by atoms with Gasteiger partial charge in [-0.3, -0.25) is 9.68 Å². The van der Waals surface area contributed by atoms with Crippen LogP contribution >= 0.6 is 0 Å². The molecule has 0 radical (unpaired) electrons. The maximum atomic E-state index is 4.61. The van der Waals surface area contributed by atoms with Crippen molar-refractivity contribution in [3.63, 3.8) is 0 Å². The Labute approximate surface area is 54.3 Å². The molecule has 9 heavy (non-hydrogen) atoms. The Morgan fingerprint density at radius 3 is 2.67 bits per heavy atom. The van der Waals surface area contributed by atoms with E-state index in [4.69, 9.17) is 0 Å². The summed E-state index contributed by atoms with van der Waals surface area (Å²) < 4.78 is 0. The first-order chi connectivity index (χ1) is 4.31. The third-order valence-corrected chi connectivity index (χ3v) is 0.626.